The van der Waals surface area contributed by atoms with Crippen LogP contribution < -0.4 is 11.3 Å². The van der Waals surface area contributed by atoms with Crippen LogP contribution >= 0.6 is 23.1 Å². The monoisotopic (exact) mass is 304 g/mol. The van der Waals surface area contributed by atoms with Crippen LogP contribution in [0.2, 0.25) is 0 Å². The van der Waals surface area contributed by atoms with Gasteiger partial charge in [-0.25, -0.2) is 4.98 Å². The first kappa shape index (κ1) is 13.6. The van der Waals surface area contributed by atoms with Crippen LogP contribution in [0.1, 0.15) is 17.3 Å². The highest BCUT2D eigenvalue weighted by Crippen LogP contribution is 2.22. The predicted octanol–water partition coefficient (Wildman–Crippen LogP) is 2.86. The summed E-state index contributed by atoms with van der Waals surface area (Å²) in [6, 6.07) is 8.56. The van der Waals surface area contributed by atoms with E-state index in [0.717, 1.165) is 17.1 Å². The number of hydrogen-bond donors (Lipinski definition) is 2. The molecule has 0 fully saturated rings. The number of hydrazine groups is 1. The lowest BCUT2D eigenvalue weighted by Gasteiger charge is -2.15. The SMILES string of the molecule is CSc1ccc(C(Cc2cn3ccsc3n2)NN)cc1. The second-order valence-corrected chi connectivity index (χ2v) is 6.27. The molecule has 0 aliphatic carbocycles. The molecule has 0 aliphatic rings. The molecule has 2 heterocycles. The number of rotatable bonds is 5. The summed E-state index contributed by atoms with van der Waals surface area (Å²) in [4.78, 5) is 6.88. The van der Waals surface area contributed by atoms with Crippen molar-refractivity contribution in [3.8, 4) is 0 Å². The summed E-state index contributed by atoms with van der Waals surface area (Å²) in [5.74, 6) is 5.71. The molecule has 0 aliphatic heterocycles. The summed E-state index contributed by atoms with van der Waals surface area (Å²) in [6.07, 6.45) is 6.94. The van der Waals surface area contributed by atoms with Gasteiger partial charge in [0.2, 0.25) is 0 Å². The molecule has 0 amide bonds. The van der Waals surface area contributed by atoms with Gasteiger partial charge in [-0.3, -0.25) is 15.7 Å². The number of fused-ring (bicyclic) bond motifs is 1. The van der Waals surface area contributed by atoms with Crippen LogP contribution in [0, 0.1) is 0 Å². The summed E-state index contributed by atoms with van der Waals surface area (Å²) in [7, 11) is 0. The molecule has 3 aromatic rings. The zero-order valence-corrected chi connectivity index (χ0v) is 12.7. The number of imidazole rings is 1. The van der Waals surface area contributed by atoms with Crippen molar-refractivity contribution in [3.63, 3.8) is 0 Å². The summed E-state index contributed by atoms with van der Waals surface area (Å²) in [5.41, 5.74) is 5.12. The maximum Gasteiger partial charge on any atom is 0.193 e. The van der Waals surface area contributed by atoms with Gasteiger partial charge in [-0.2, -0.15) is 0 Å². The zero-order chi connectivity index (χ0) is 13.9. The summed E-state index contributed by atoms with van der Waals surface area (Å²) < 4.78 is 2.05. The molecule has 1 aromatic carbocycles. The molecule has 3 rings (SSSR count). The van der Waals surface area contributed by atoms with Crippen molar-refractivity contribution in [1.82, 2.24) is 14.8 Å². The van der Waals surface area contributed by atoms with E-state index in [4.69, 9.17) is 5.84 Å². The molecular weight excluding hydrogens is 288 g/mol. The number of hydrogen-bond acceptors (Lipinski definition) is 5. The minimum atomic E-state index is 0.0792. The van der Waals surface area contributed by atoms with Gasteiger partial charge in [0, 0.05) is 29.1 Å². The third-order valence-corrected chi connectivity index (χ3v) is 4.79. The van der Waals surface area contributed by atoms with Gasteiger partial charge in [-0.15, -0.1) is 23.1 Å². The van der Waals surface area contributed by atoms with Gasteiger partial charge in [0.05, 0.1) is 11.7 Å². The first-order valence-corrected chi connectivity index (χ1v) is 8.42. The Hall–Kier alpha value is -1.34. The van der Waals surface area contributed by atoms with Crippen molar-refractivity contribution < 1.29 is 0 Å². The number of benzene rings is 1. The van der Waals surface area contributed by atoms with Crippen molar-refractivity contribution in [3.05, 3.63) is 53.3 Å². The minimum Gasteiger partial charge on any atom is -0.297 e. The van der Waals surface area contributed by atoms with Gasteiger partial charge >= 0.3 is 0 Å². The molecule has 0 spiro atoms. The molecule has 6 heteroatoms. The third kappa shape index (κ3) is 2.73. The average molecular weight is 304 g/mol. The van der Waals surface area contributed by atoms with Crippen LogP contribution in [0.25, 0.3) is 4.96 Å². The zero-order valence-electron chi connectivity index (χ0n) is 11.1. The highest BCUT2D eigenvalue weighted by Gasteiger charge is 2.13. The lowest BCUT2D eigenvalue weighted by molar-refractivity contribution is 0.547. The predicted molar refractivity (Wildman–Crippen MR) is 85.1 cm³/mol. The van der Waals surface area contributed by atoms with Crippen molar-refractivity contribution in [2.24, 2.45) is 5.84 Å². The molecule has 0 saturated heterocycles. The summed E-state index contributed by atoms with van der Waals surface area (Å²) in [6.45, 7) is 0. The van der Waals surface area contributed by atoms with Crippen molar-refractivity contribution in [2.45, 2.75) is 17.4 Å². The third-order valence-electron chi connectivity index (χ3n) is 3.28. The van der Waals surface area contributed by atoms with Gasteiger partial charge in [0.25, 0.3) is 0 Å². The molecule has 1 atom stereocenters. The summed E-state index contributed by atoms with van der Waals surface area (Å²) in [5, 5.41) is 2.03. The van der Waals surface area contributed by atoms with Crippen LogP contribution in [-0.2, 0) is 6.42 Å². The number of nitrogens with one attached hydrogen (secondary N) is 1. The van der Waals surface area contributed by atoms with Crippen LogP contribution in [-0.4, -0.2) is 15.6 Å². The number of nitrogens with zero attached hydrogens (tertiary/aromatic N) is 2. The number of nitrogens with two attached hydrogens (primary N) is 1. The van der Waals surface area contributed by atoms with Gasteiger partial charge in [0.1, 0.15) is 0 Å². The molecule has 20 heavy (non-hydrogen) atoms. The van der Waals surface area contributed by atoms with Gasteiger partial charge in [0.15, 0.2) is 4.96 Å². The van der Waals surface area contributed by atoms with Gasteiger partial charge < -0.3 is 0 Å². The highest BCUT2D eigenvalue weighted by atomic mass is 32.2. The molecule has 104 valence electrons. The fourth-order valence-electron chi connectivity index (χ4n) is 2.19. The summed E-state index contributed by atoms with van der Waals surface area (Å²) >= 11 is 3.38. The van der Waals surface area contributed by atoms with Crippen molar-refractivity contribution in [1.29, 1.82) is 0 Å². The Bertz CT molecular complexity index is 658. The smallest absolute Gasteiger partial charge is 0.193 e. The van der Waals surface area contributed by atoms with Crippen LogP contribution in [0.3, 0.4) is 0 Å². The Morgan fingerprint density at radius 2 is 2.20 bits per heavy atom. The lowest BCUT2D eigenvalue weighted by atomic mass is 10.0. The standard InChI is InChI=1S/C14H16N4S2/c1-19-12-4-2-10(3-5-12)13(17-15)8-11-9-18-6-7-20-14(18)16-11/h2-7,9,13,17H,8,15H2,1H3. The largest absolute Gasteiger partial charge is 0.297 e. The van der Waals surface area contributed by atoms with E-state index in [1.54, 1.807) is 23.1 Å². The van der Waals surface area contributed by atoms with E-state index in [1.165, 1.54) is 10.5 Å². The second kappa shape index (κ2) is 5.97. The molecule has 1 unspecified atom stereocenters. The maximum atomic E-state index is 5.71. The van der Waals surface area contributed by atoms with E-state index < -0.39 is 0 Å². The Morgan fingerprint density at radius 3 is 2.85 bits per heavy atom. The lowest BCUT2D eigenvalue weighted by Crippen LogP contribution is -2.29. The first-order valence-electron chi connectivity index (χ1n) is 6.31. The van der Waals surface area contributed by atoms with Crippen molar-refractivity contribution >= 4 is 28.1 Å². The molecule has 4 nitrogen and oxygen atoms in total. The second-order valence-electron chi connectivity index (χ2n) is 4.52. The Kier molecular flexibility index (Phi) is 4.07. The molecule has 0 saturated carbocycles. The van der Waals surface area contributed by atoms with Crippen LogP contribution in [0.5, 0.6) is 0 Å². The molecule has 3 N–H and O–H groups in total. The molecular formula is C14H16N4S2. The van der Waals surface area contributed by atoms with E-state index in [9.17, 15) is 0 Å². The Balaban J connectivity index is 1.80. The normalized spacial score (nSPS) is 12.9. The van der Waals surface area contributed by atoms with Crippen molar-refractivity contribution in [2.75, 3.05) is 6.26 Å². The molecule has 2 aromatic heterocycles. The van der Waals surface area contributed by atoms with Crippen LogP contribution in [0.4, 0.5) is 0 Å². The fourth-order valence-corrected chi connectivity index (χ4v) is 3.32. The fraction of sp³-hybridized carbons (Fsp3) is 0.214. The van der Waals surface area contributed by atoms with E-state index in [1.807, 2.05) is 16.0 Å². The Labute approximate surface area is 126 Å². The Morgan fingerprint density at radius 1 is 1.40 bits per heavy atom. The van der Waals surface area contributed by atoms with E-state index in [0.29, 0.717) is 0 Å². The van der Waals surface area contributed by atoms with Crippen LogP contribution in [0.15, 0.2) is 46.9 Å². The van der Waals surface area contributed by atoms with Gasteiger partial charge in [-0.1, -0.05) is 12.1 Å². The minimum absolute atomic E-state index is 0.0792. The van der Waals surface area contributed by atoms with E-state index in [-0.39, 0.29) is 6.04 Å². The van der Waals surface area contributed by atoms with E-state index in [2.05, 4.69) is 47.1 Å². The number of thiazole rings is 1. The van der Waals surface area contributed by atoms with E-state index >= 15 is 0 Å². The topological polar surface area (TPSA) is 55.3 Å². The first-order chi connectivity index (χ1) is 9.80. The average Bonchev–Trinajstić information content (AvgIpc) is 3.06. The highest BCUT2D eigenvalue weighted by molar-refractivity contribution is 7.98. The number of thioether (sulfide) groups is 1. The number of aromatic nitrogens is 2. The molecule has 0 radical (unpaired) electrons. The molecule has 0 bridgehead atoms. The quantitative estimate of drug-likeness (QED) is 0.432. The van der Waals surface area contributed by atoms with Gasteiger partial charge in [-0.05, 0) is 24.0 Å². The maximum absolute atomic E-state index is 5.71.